The fourth-order valence-electron chi connectivity index (χ4n) is 8.52. The number of para-hydroxylation sites is 1. The Hall–Kier alpha value is -5.20. The molecule has 10 nitrogen and oxygen atoms in total. The highest BCUT2D eigenvalue weighted by Crippen LogP contribution is 2.48. The second kappa shape index (κ2) is 16.3. The third kappa shape index (κ3) is 7.70. The van der Waals surface area contributed by atoms with Gasteiger partial charge in [-0.2, -0.15) is 0 Å². The van der Waals surface area contributed by atoms with Gasteiger partial charge in [0.2, 0.25) is 11.8 Å². The number of phenols is 1. The number of anilines is 1. The Morgan fingerprint density at radius 1 is 0.945 bits per heavy atom. The van der Waals surface area contributed by atoms with Crippen LogP contribution in [0.25, 0.3) is 6.08 Å². The Kier molecular flexibility index (Phi) is 11.7. The summed E-state index contributed by atoms with van der Waals surface area (Å²) in [7, 11) is -3.10. The van der Waals surface area contributed by atoms with Crippen molar-refractivity contribution < 1.29 is 34.3 Å². The second-order valence-corrected chi connectivity index (χ2v) is 19.8. The molecule has 2 aliphatic rings. The van der Waals surface area contributed by atoms with Crippen LogP contribution in [0.4, 0.5) is 11.4 Å². The van der Waals surface area contributed by atoms with Crippen LogP contribution in [-0.4, -0.2) is 59.7 Å². The van der Waals surface area contributed by atoms with Crippen molar-refractivity contribution in [1.82, 2.24) is 0 Å². The molecule has 0 spiro atoms. The van der Waals surface area contributed by atoms with Crippen LogP contribution in [0.2, 0.25) is 5.04 Å². The lowest BCUT2D eigenvalue weighted by Crippen LogP contribution is -2.66. The van der Waals surface area contributed by atoms with E-state index in [0.29, 0.717) is 23.1 Å². The van der Waals surface area contributed by atoms with Crippen molar-refractivity contribution >= 4 is 48.0 Å². The molecule has 0 bridgehead atoms. The van der Waals surface area contributed by atoms with Crippen LogP contribution < -0.4 is 15.3 Å². The van der Waals surface area contributed by atoms with Crippen molar-refractivity contribution in [2.45, 2.75) is 58.1 Å². The lowest BCUT2D eigenvalue weighted by atomic mass is 9.68. The van der Waals surface area contributed by atoms with Gasteiger partial charge in [-0.05, 0) is 64.9 Å². The molecule has 11 heteroatoms. The molecule has 0 unspecified atom stereocenters. The zero-order valence-corrected chi connectivity index (χ0v) is 32.6. The highest BCUT2D eigenvalue weighted by Gasteiger charge is 2.56. The fraction of sp³-hybridized carbons (Fsp3) is 0.318. The number of carbonyl (C=O) groups is 2. The molecular formula is C44H48N2O8Si. The normalized spacial score (nSPS) is 19.8. The van der Waals surface area contributed by atoms with Gasteiger partial charge in [-0.3, -0.25) is 19.7 Å². The number of hydrogen-bond donors (Lipinski definition) is 3. The Bertz CT molecular complexity index is 2070. The number of nitrogens with zero attached hydrogens (tertiary/aromatic N) is 2. The summed E-state index contributed by atoms with van der Waals surface area (Å²) in [6, 6.07) is 32.6. The van der Waals surface area contributed by atoms with E-state index in [1.54, 1.807) is 18.2 Å². The number of nitro benzene ring substituents is 1. The topological polar surface area (TPSA) is 150 Å². The number of hydrogen-bond acceptors (Lipinski definition) is 8. The van der Waals surface area contributed by atoms with Crippen LogP contribution in [0.5, 0.6) is 5.75 Å². The largest absolute Gasteiger partial charge is 0.507 e. The number of aliphatic hydroxyl groups is 2. The highest BCUT2D eigenvalue weighted by atomic mass is 28.4. The molecule has 4 atom stereocenters. The van der Waals surface area contributed by atoms with Crippen molar-refractivity contribution in [2.24, 2.45) is 17.8 Å². The van der Waals surface area contributed by atoms with E-state index < -0.39 is 55.5 Å². The van der Waals surface area contributed by atoms with E-state index in [9.17, 15) is 35.0 Å². The monoisotopic (exact) mass is 760 g/mol. The standard InChI is InChI=1S/C44H48N2O8Si/c1-29(24-30-14-11-12-21-38(30)48)22-23-39(49)40-31(28-54-55(44(2,3)4,34-17-7-5-8-18-34)35-19-9-6-10-20-35)25-36-41(37(40)27-47)43(51)45(42(36)50)32-15-13-16-33(26-32)46(52)53/h5-21,24,26,36-37,39,41,47-49H,22-23,25,27-28H2,1-4H3/b29-24+/t36-,37+,39-,41-/m1/s1. The van der Waals surface area contributed by atoms with Crippen molar-refractivity contribution in [3.8, 4) is 5.75 Å². The molecule has 55 heavy (non-hydrogen) atoms. The Morgan fingerprint density at radius 2 is 1.56 bits per heavy atom. The molecule has 1 aliphatic carbocycles. The van der Waals surface area contributed by atoms with Crippen LogP contribution in [0.15, 0.2) is 126 Å². The summed E-state index contributed by atoms with van der Waals surface area (Å²) >= 11 is 0. The summed E-state index contributed by atoms with van der Waals surface area (Å²) in [4.78, 5) is 40.5. The number of amides is 2. The first-order chi connectivity index (χ1) is 26.3. The minimum atomic E-state index is -3.10. The van der Waals surface area contributed by atoms with Gasteiger partial charge in [-0.15, -0.1) is 0 Å². The van der Waals surface area contributed by atoms with E-state index in [1.165, 1.54) is 24.3 Å². The molecule has 286 valence electrons. The summed E-state index contributed by atoms with van der Waals surface area (Å²) in [6.45, 7) is 7.93. The quantitative estimate of drug-likeness (QED) is 0.0458. The summed E-state index contributed by atoms with van der Waals surface area (Å²) in [5.41, 5.74) is 2.53. The lowest BCUT2D eigenvalue weighted by Gasteiger charge is -2.44. The van der Waals surface area contributed by atoms with Gasteiger partial charge in [-0.25, -0.2) is 4.90 Å². The van der Waals surface area contributed by atoms with Crippen LogP contribution in [-0.2, 0) is 14.0 Å². The molecule has 1 fully saturated rings. The summed E-state index contributed by atoms with van der Waals surface area (Å²) in [5, 5.41) is 46.9. The second-order valence-electron chi connectivity index (χ2n) is 15.5. The highest BCUT2D eigenvalue weighted by molar-refractivity contribution is 6.99. The van der Waals surface area contributed by atoms with Crippen molar-refractivity contribution in [1.29, 1.82) is 0 Å². The van der Waals surface area contributed by atoms with Crippen LogP contribution in [0, 0.1) is 27.9 Å². The molecule has 3 N–H and O–H groups in total. The number of carbonyl (C=O) groups excluding carboxylic acids is 2. The van der Waals surface area contributed by atoms with E-state index in [1.807, 2.05) is 55.5 Å². The van der Waals surface area contributed by atoms with Gasteiger partial charge in [0.05, 0.1) is 41.8 Å². The third-order valence-corrected chi connectivity index (χ3v) is 16.1. The molecule has 1 aliphatic heterocycles. The lowest BCUT2D eigenvalue weighted by molar-refractivity contribution is -0.384. The number of allylic oxidation sites excluding steroid dienone is 1. The van der Waals surface area contributed by atoms with Gasteiger partial charge in [0.15, 0.2) is 0 Å². The fourth-order valence-corrected chi connectivity index (χ4v) is 13.1. The molecule has 4 aromatic carbocycles. The minimum absolute atomic E-state index is 0.0460. The van der Waals surface area contributed by atoms with Gasteiger partial charge >= 0.3 is 0 Å². The van der Waals surface area contributed by atoms with Gasteiger partial charge in [-0.1, -0.05) is 117 Å². The number of aliphatic hydroxyl groups excluding tert-OH is 2. The Balaban J connectivity index is 1.43. The minimum Gasteiger partial charge on any atom is -0.507 e. The molecule has 0 aromatic heterocycles. The molecular weight excluding hydrogens is 713 g/mol. The molecule has 1 saturated heterocycles. The number of rotatable bonds is 13. The summed E-state index contributed by atoms with van der Waals surface area (Å²) in [5.74, 6) is -3.71. The average molecular weight is 761 g/mol. The zero-order valence-electron chi connectivity index (χ0n) is 31.6. The van der Waals surface area contributed by atoms with Crippen LogP contribution in [0.3, 0.4) is 0 Å². The van der Waals surface area contributed by atoms with E-state index in [0.717, 1.165) is 20.8 Å². The molecule has 4 aromatic rings. The SMILES string of the molecule is C/C(=C\c1ccccc1O)CC[C@@H](O)C1=C(CO[Si](c2ccccc2)(c2ccccc2)C(C)(C)C)C[C@H]2C(=O)N(c3cccc([N+](=O)[O-])c3)C(=O)[C@H]2[C@H]1CO. The van der Waals surface area contributed by atoms with Crippen molar-refractivity contribution in [3.63, 3.8) is 0 Å². The first-order valence-corrected chi connectivity index (χ1v) is 20.5. The maximum Gasteiger partial charge on any atom is 0.271 e. The van der Waals surface area contributed by atoms with Gasteiger partial charge in [0.1, 0.15) is 5.75 Å². The number of nitro groups is 1. The van der Waals surface area contributed by atoms with Gasteiger partial charge < -0.3 is 19.7 Å². The molecule has 0 radical (unpaired) electrons. The molecule has 0 saturated carbocycles. The summed E-state index contributed by atoms with van der Waals surface area (Å²) < 4.78 is 7.33. The van der Waals surface area contributed by atoms with Crippen LogP contribution in [0.1, 0.15) is 52.5 Å². The summed E-state index contributed by atoms with van der Waals surface area (Å²) in [6.07, 6.45) is 1.56. The predicted octanol–water partition coefficient (Wildman–Crippen LogP) is 6.54. The van der Waals surface area contributed by atoms with Crippen LogP contribution >= 0.6 is 0 Å². The smallest absolute Gasteiger partial charge is 0.271 e. The maximum absolute atomic E-state index is 14.3. The van der Waals surface area contributed by atoms with E-state index in [4.69, 9.17) is 4.43 Å². The van der Waals surface area contributed by atoms with Crippen molar-refractivity contribution in [2.75, 3.05) is 18.1 Å². The maximum atomic E-state index is 14.3. The predicted molar refractivity (Wildman–Crippen MR) is 215 cm³/mol. The van der Waals surface area contributed by atoms with Crippen molar-refractivity contribution in [3.05, 3.63) is 142 Å². The third-order valence-electron chi connectivity index (χ3n) is 11.1. The Labute approximate surface area is 322 Å². The zero-order chi connectivity index (χ0) is 39.5. The molecule has 1 heterocycles. The molecule has 6 rings (SSSR count). The van der Waals surface area contributed by atoms with E-state index in [2.05, 4.69) is 45.0 Å². The number of non-ortho nitro benzene ring substituents is 1. The number of aromatic hydroxyl groups is 1. The number of fused-ring (bicyclic) bond motifs is 1. The van der Waals surface area contributed by atoms with Gasteiger partial charge in [0, 0.05) is 23.6 Å². The average Bonchev–Trinajstić information content (AvgIpc) is 3.42. The number of benzene rings is 4. The van der Waals surface area contributed by atoms with E-state index in [-0.39, 0.29) is 41.6 Å². The first-order valence-electron chi connectivity index (χ1n) is 18.6. The first kappa shape index (κ1) is 39.5. The van der Waals surface area contributed by atoms with Gasteiger partial charge in [0.25, 0.3) is 14.0 Å². The Morgan fingerprint density at radius 3 is 2.15 bits per heavy atom. The molecule has 2 amide bonds. The number of imide groups is 1. The van der Waals surface area contributed by atoms with E-state index >= 15 is 0 Å². The number of phenolic OH excluding ortho intramolecular Hbond substituents is 1.